The van der Waals surface area contributed by atoms with Crippen LogP contribution >= 0.6 is 31.9 Å². The van der Waals surface area contributed by atoms with Gasteiger partial charge in [0.1, 0.15) is 0 Å². The van der Waals surface area contributed by atoms with Gasteiger partial charge in [-0.2, -0.15) is 0 Å². The Morgan fingerprint density at radius 2 is 1.70 bits per heavy atom. The van der Waals surface area contributed by atoms with Crippen LogP contribution < -0.4 is 0 Å². The van der Waals surface area contributed by atoms with Crippen molar-refractivity contribution in [3.05, 3.63) is 0 Å². The largest absolute Gasteiger partial charge is 0.0878 e. The Morgan fingerprint density at radius 1 is 1.20 bits per heavy atom. The van der Waals surface area contributed by atoms with Gasteiger partial charge in [-0.15, -0.1) is 0 Å². The lowest BCUT2D eigenvalue weighted by Gasteiger charge is -2.19. The highest BCUT2D eigenvalue weighted by Gasteiger charge is 2.17. The van der Waals surface area contributed by atoms with E-state index in [0.717, 1.165) is 5.92 Å². The molecule has 0 spiro atoms. The zero-order valence-electron chi connectivity index (χ0n) is 6.90. The number of hydrogen-bond donors (Lipinski definition) is 0. The van der Waals surface area contributed by atoms with E-state index in [-0.39, 0.29) is 0 Å². The summed E-state index contributed by atoms with van der Waals surface area (Å²) in [7, 11) is 0. The van der Waals surface area contributed by atoms with Gasteiger partial charge in [-0.25, -0.2) is 0 Å². The van der Waals surface area contributed by atoms with Gasteiger partial charge >= 0.3 is 0 Å². The molecule has 0 aromatic heterocycles. The smallest absolute Gasteiger partial charge is 0.0294 e. The summed E-state index contributed by atoms with van der Waals surface area (Å²) in [4.78, 5) is 1.25. The topological polar surface area (TPSA) is 0 Å². The molecule has 10 heavy (non-hydrogen) atoms. The van der Waals surface area contributed by atoms with Gasteiger partial charge in [-0.3, -0.25) is 0 Å². The summed E-state index contributed by atoms with van der Waals surface area (Å²) >= 11 is 7.32. The molecule has 62 valence electrons. The second-order valence-corrected chi connectivity index (χ2v) is 5.23. The molecule has 0 aliphatic rings. The first-order chi connectivity index (χ1) is 4.59. The van der Waals surface area contributed by atoms with Gasteiger partial charge in [0, 0.05) is 9.65 Å². The molecule has 0 aliphatic carbocycles. The fraction of sp³-hybridized carbons (Fsp3) is 1.00. The molecule has 0 bridgehead atoms. The van der Waals surface area contributed by atoms with Crippen molar-refractivity contribution in [2.75, 3.05) is 0 Å². The third kappa shape index (κ3) is 3.97. The average molecular weight is 272 g/mol. The van der Waals surface area contributed by atoms with E-state index in [1.165, 1.54) is 12.8 Å². The fourth-order valence-corrected chi connectivity index (χ4v) is 2.19. The van der Waals surface area contributed by atoms with Crippen molar-refractivity contribution in [3.8, 4) is 0 Å². The van der Waals surface area contributed by atoms with Gasteiger partial charge in [0.05, 0.1) is 0 Å². The van der Waals surface area contributed by atoms with E-state index in [1.54, 1.807) is 0 Å². The van der Waals surface area contributed by atoms with Crippen LogP contribution in [0.5, 0.6) is 0 Å². The highest BCUT2D eigenvalue weighted by molar-refractivity contribution is 9.12. The quantitative estimate of drug-likeness (QED) is 0.679. The Kier molecular flexibility index (Phi) is 6.13. The molecule has 0 amide bonds. The molecule has 0 nitrogen and oxygen atoms in total. The maximum absolute atomic E-state index is 3.66. The van der Waals surface area contributed by atoms with E-state index in [4.69, 9.17) is 0 Å². The minimum absolute atomic E-state index is 0.618. The summed E-state index contributed by atoms with van der Waals surface area (Å²) in [5.74, 6) is 0.718. The molecule has 0 aromatic carbocycles. The molecular weight excluding hydrogens is 256 g/mol. The van der Waals surface area contributed by atoms with Crippen LogP contribution in [0.3, 0.4) is 0 Å². The van der Waals surface area contributed by atoms with Gasteiger partial charge in [0.2, 0.25) is 0 Å². The fourth-order valence-electron chi connectivity index (χ4n) is 0.853. The average Bonchev–Trinajstić information content (AvgIpc) is 1.87. The van der Waals surface area contributed by atoms with E-state index < -0.39 is 0 Å². The molecule has 0 aliphatic heterocycles. The van der Waals surface area contributed by atoms with Crippen molar-refractivity contribution in [3.63, 3.8) is 0 Å². The van der Waals surface area contributed by atoms with E-state index in [0.29, 0.717) is 9.65 Å². The zero-order valence-corrected chi connectivity index (χ0v) is 10.1. The van der Waals surface area contributed by atoms with Crippen molar-refractivity contribution >= 4 is 31.9 Å². The molecule has 2 unspecified atom stereocenters. The highest BCUT2D eigenvalue weighted by Crippen LogP contribution is 2.25. The zero-order chi connectivity index (χ0) is 8.15. The summed E-state index contributed by atoms with van der Waals surface area (Å²) in [6.07, 6.45) is 2.51. The first-order valence-electron chi connectivity index (χ1n) is 3.87. The Hall–Kier alpha value is 0.960. The second-order valence-electron chi connectivity index (χ2n) is 2.99. The Morgan fingerprint density at radius 3 is 2.00 bits per heavy atom. The van der Waals surface area contributed by atoms with Crippen LogP contribution in [-0.2, 0) is 0 Å². The summed E-state index contributed by atoms with van der Waals surface area (Å²) < 4.78 is 0. The van der Waals surface area contributed by atoms with E-state index >= 15 is 0 Å². The van der Waals surface area contributed by atoms with Crippen molar-refractivity contribution < 1.29 is 0 Å². The van der Waals surface area contributed by atoms with Gasteiger partial charge < -0.3 is 0 Å². The molecule has 0 saturated heterocycles. The van der Waals surface area contributed by atoms with Crippen LogP contribution in [0.4, 0.5) is 0 Å². The van der Waals surface area contributed by atoms with Gasteiger partial charge in [0.25, 0.3) is 0 Å². The SMILES string of the molecule is CCCC(Br)C(Br)C(C)C. The molecule has 2 heteroatoms. The lowest BCUT2D eigenvalue weighted by molar-refractivity contribution is 0.575. The van der Waals surface area contributed by atoms with Crippen LogP contribution in [0.15, 0.2) is 0 Å². The van der Waals surface area contributed by atoms with Crippen LogP contribution in [0.2, 0.25) is 0 Å². The molecule has 0 rings (SSSR count). The summed E-state index contributed by atoms with van der Waals surface area (Å²) in [6.45, 7) is 6.70. The number of alkyl halides is 2. The molecule has 0 N–H and O–H groups in total. The lowest BCUT2D eigenvalue weighted by atomic mass is 10.1. The molecule has 0 aromatic rings. The van der Waals surface area contributed by atoms with Crippen molar-refractivity contribution in [1.29, 1.82) is 0 Å². The summed E-state index contributed by atoms with van der Waals surface area (Å²) in [6, 6.07) is 0. The third-order valence-corrected chi connectivity index (χ3v) is 4.98. The Labute approximate surface area is 81.0 Å². The lowest BCUT2D eigenvalue weighted by Crippen LogP contribution is -2.19. The van der Waals surface area contributed by atoms with Gasteiger partial charge in [0.15, 0.2) is 0 Å². The maximum Gasteiger partial charge on any atom is 0.0294 e. The molecule has 0 heterocycles. The van der Waals surface area contributed by atoms with Crippen LogP contribution in [-0.4, -0.2) is 9.65 Å². The third-order valence-electron chi connectivity index (χ3n) is 1.55. The van der Waals surface area contributed by atoms with E-state index in [1.807, 2.05) is 0 Å². The van der Waals surface area contributed by atoms with Gasteiger partial charge in [-0.1, -0.05) is 59.1 Å². The van der Waals surface area contributed by atoms with Crippen molar-refractivity contribution in [2.24, 2.45) is 5.92 Å². The second kappa shape index (κ2) is 5.59. The number of hydrogen-bond acceptors (Lipinski definition) is 0. The minimum atomic E-state index is 0.618. The summed E-state index contributed by atoms with van der Waals surface area (Å²) in [5.41, 5.74) is 0. The van der Waals surface area contributed by atoms with Crippen molar-refractivity contribution in [2.45, 2.75) is 43.3 Å². The Balaban J connectivity index is 3.58. The van der Waals surface area contributed by atoms with E-state index in [9.17, 15) is 0 Å². The van der Waals surface area contributed by atoms with Gasteiger partial charge in [-0.05, 0) is 12.3 Å². The first kappa shape index (κ1) is 11.0. The molecule has 0 saturated carbocycles. The molecule has 0 fully saturated rings. The predicted molar refractivity (Wildman–Crippen MR) is 55.2 cm³/mol. The van der Waals surface area contributed by atoms with Crippen LogP contribution in [0, 0.1) is 5.92 Å². The molecule has 2 atom stereocenters. The highest BCUT2D eigenvalue weighted by atomic mass is 79.9. The summed E-state index contributed by atoms with van der Waals surface area (Å²) in [5, 5.41) is 0. The Bertz CT molecular complexity index is 81.3. The van der Waals surface area contributed by atoms with Crippen molar-refractivity contribution in [1.82, 2.24) is 0 Å². The van der Waals surface area contributed by atoms with E-state index in [2.05, 4.69) is 52.6 Å². The standard InChI is InChI=1S/C8H16Br2/c1-4-5-7(9)8(10)6(2)3/h6-8H,4-5H2,1-3H3. The monoisotopic (exact) mass is 270 g/mol. The predicted octanol–water partition coefficient (Wildman–Crippen LogP) is 3.97. The number of rotatable bonds is 4. The minimum Gasteiger partial charge on any atom is -0.0878 e. The number of halogens is 2. The molecular formula is C8H16Br2. The van der Waals surface area contributed by atoms with Crippen LogP contribution in [0.1, 0.15) is 33.6 Å². The normalized spacial score (nSPS) is 17.4. The first-order valence-corrected chi connectivity index (χ1v) is 5.70. The maximum atomic E-state index is 3.66. The van der Waals surface area contributed by atoms with Crippen LogP contribution in [0.25, 0.3) is 0 Å². The molecule has 0 radical (unpaired) electrons.